The number of unbranched alkanes of at least 4 members (excludes halogenated alkanes) is 21. The van der Waals surface area contributed by atoms with Crippen molar-refractivity contribution in [1.82, 2.24) is 0 Å². The third-order valence-corrected chi connectivity index (χ3v) is 13.5. The number of carbonyl (C=O) groups is 3. The lowest BCUT2D eigenvalue weighted by molar-refractivity contribution is -0.167. The zero-order valence-corrected chi connectivity index (χ0v) is 52.2. The molecule has 0 aromatic rings. The summed E-state index contributed by atoms with van der Waals surface area (Å²) in [6.45, 7) is 6.35. The second-order valence-electron chi connectivity index (χ2n) is 21.3. The van der Waals surface area contributed by atoms with Crippen molar-refractivity contribution in [3.05, 3.63) is 158 Å². The standard InChI is InChI=1S/C75H120O6/c1-4-7-10-13-16-18-20-22-24-26-28-30-32-33-34-35-36-37-38-39-40-41-43-44-46-48-50-52-54-56-59-62-65-68-74(77)80-71-72(70-79-73(76)67-64-61-58-15-12-9-6-3)81-75(78)69-66-63-60-57-55-53-51-49-47-45-42-31-29-27-25-23-21-19-17-14-11-8-5-2/h7-8,10-11,16-19,22-25,28-31,33-34,36-37,39-40,43-45,47,72H,4-6,9,12-15,20-21,26-27,32,35,38,41-42,46,48-71H2,1-3H3/b10-7-,11-8-,18-16-,19-17-,24-22-,25-23-,30-28-,31-29-,34-33-,37-36-,40-39-,44-43-,47-45-. The lowest BCUT2D eigenvalue weighted by Gasteiger charge is -2.18. The second-order valence-corrected chi connectivity index (χ2v) is 21.3. The van der Waals surface area contributed by atoms with E-state index in [2.05, 4.69) is 179 Å². The predicted molar refractivity (Wildman–Crippen MR) is 352 cm³/mol. The first kappa shape index (κ1) is 76.0. The number of hydrogen-bond acceptors (Lipinski definition) is 6. The Kier molecular flexibility index (Phi) is 63.4. The van der Waals surface area contributed by atoms with E-state index >= 15 is 0 Å². The van der Waals surface area contributed by atoms with Crippen molar-refractivity contribution < 1.29 is 28.6 Å². The number of rotatable bonds is 58. The summed E-state index contributed by atoms with van der Waals surface area (Å²) in [4.78, 5) is 38.1. The molecule has 0 aliphatic carbocycles. The molecule has 0 rings (SSSR count). The van der Waals surface area contributed by atoms with Crippen molar-refractivity contribution in [2.45, 2.75) is 284 Å². The molecule has 0 saturated carbocycles. The maximum atomic E-state index is 12.9. The Morgan fingerprint density at radius 2 is 0.481 bits per heavy atom. The van der Waals surface area contributed by atoms with E-state index in [-0.39, 0.29) is 31.1 Å². The SMILES string of the molecule is CC/C=C\C/C=C\C/C=C\C/C=C\C/C=C\C/C=C\C/C=C\C/C=C\CCCCCCCCCCC(=O)OCC(COC(=O)CCCCCCCCC)OC(=O)CCCCCCCCC/C=C\C/C=C\C/C=C\C/C=C\C/C=C\CC. The van der Waals surface area contributed by atoms with Gasteiger partial charge in [-0.15, -0.1) is 0 Å². The molecule has 0 heterocycles. The number of hydrogen-bond donors (Lipinski definition) is 0. The van der Waals surface area contributed by atoms with Gasteiger partial charge in [0.05, 0.1) is 0 Å². The van der Waals surface area contributed by atoms with E-state index in [0.717, 1.165) is 154 Å². The van der Waals surface area contributed by atoms with Crippen molar-refractivity contribution >= 4 is 17.9 Å². The summed E-state index contributed by atoms with van der Waals surface area (Å²) in [5.74, 6) is -0.918. The summed E-state index contributed by atoms with van der Waals surface area (Å²) in [5, 5.41) is 0. The molecule has 0 bridgehead atoms. The quantitative estimate of drug-likeness (QED) is 0.0261. The maximum Gasteiger partial charge on any atom is 0.306 e. The van der Waals surface area contributed by atoms with E-state index in [0.29, 0.717) is 19.3 Å². The van der Waals surface area contributed by atoms with Crippen LogP contribution in [0.1, 0.15) is 278 Å². The van der Waals surface area contributed by atoms with E-state index < -0.39 is 6.10 Å². The first-order valence-electron chi connectivity index (χ1n) is 33.0. The van der Waals surface area contributed by atoms with Gasteiger partial charge in [-0.1, -0.05) is 288 Å². The smallest absolute Gasteiger partial charge is 0.306 e. The number of esters is 3. The van der Waals surface area contributed by atoms with Crippen LogP contribution in [0.25, 0.3) is 0 Å². The van der Waals surface area contributed by atoms with Crippen LogP contribution >= 0.6 is 0 Å². The van der Waals surface area contributed by atoms with Crippen molar-refractivity contribution in [2.24, 2.45) is 0 Å². The first-order valence-corrected chi connectivity index (χ1v) is 33.0. The Morgan fingerprint density at radius 1 is 0.259 bits per heavy atom. The average Bonchev–Trinajstić information content (AvgIpc) is 3.47. The van der Waals surface area contributed by atoms with Gasteiger partial charge in [-0.05, 0) is 128 Å². The first-order chi connectivity index (χ1) is 40.0. The lowest BCUT2D eigenvalue weighted by atomic mass is 10.1. The number of carbonyl (C=O) groups excluding carboxylic acids is 3. The highest BCUT2D eigenvalue weighted by Crippen LogP contribution is 2.15. The lowest BCUT2D eigenvalue weighted by Crippen LogP contribution is -2.30. The summed E-state index contributed by atoms with van der Waals surface area (Å²) >= 11 is 0. The molecule has 0 amide bonds. The van der Waals surface area contributed by atoms with E-state index in [1.807, 2.05) is 0 Å². The fourth-order valence-electron chi connectivity index (χ4n) is 8.66. The Morgan fingerprint density at radius 3 is 0.753 bits per heavy atom. The van der Waals surface area contributed by atoms with Crippen LogP contribution in [0.2, 0.25) is 0 Å². The van der Waals surface area contributed by atoms with Crippen LogP contribution < -0.4 is 0 Å². The fourth-order valence-corrected chi connectivity index (χ4v) is 8.66. The summed E-state index contributed by atoms with van der Waals surface area (Å²) in [6, 6.07) is 0. The molecular formula is C75H120O6. The molecule has 0 aliphatic rings. The van der Waals surface area contributed by atoms with E-state index in [1.165, 1.54) is 83.5 Å². The highest BCUT2D eigenvalue weighted by Gasteiger charge is 2.19. The average molecular weight is 1120 g/mol. The molecule has 0 radical (unpaired) electrons. The molecule has 0 aromatic heterocycles. The van der Waals surface area contributed by atoms with E-state index in [9.17, 15) is 14.4 Å². The monoisotopic (exact) mass is 1120 g/mol. The highest BCUT2D eigenvalue weighted by atomic mass is 16.6. The van der Waals surface area contributed by atoms with Gasteiger partial charge in [-0.25, -0.2) is 0 Å². The Labute approximate surface area is 499 Å². The van der Waals surface area contributed by atoms with Crippen LogP contribution in [0.4, 0.5) is 0 Å². The predicted octanol–water partition coefficient (Wildman–Crippen LogP) is 22.9. The molecule has 1 unspecified atom stereocenters. The van der Waals surface area contributed by atoms with Crippen LogP contribution in [-0.4, -0.2) is 37.2 Å². The van der Waals surface area contributed by atoms with Crippen LogP contribution in [0.15, 0.2) is 158 Å². The van der Waals surface area contributed by atoms with Gasteiger partial charge in [0.15, 0.2) is 6.10 Å². The Balaban J connectivity index is 4.19. The largest absolute Gasteiger partial charge is 0.462 e. The Hall–Kier alpha value is -4.97. The molecule has 456 valence electrons. The summed E-state index contributed by atoms with van der Waals surface area (Å²) < 4.78 is 16.8. The minimum Gasteiger partial charge on any atom is -0.462 e. The molecule has 6 heteroatoms. The fraction of sp³-hybridized carbons (Fsp3) is 0.613. The van der Waals surface area contributed by atoms with Gasteiger partial charge in [-0.3, -0.25) is 14.4 Å². The molecule has 0 aromatic carbocycles. The van der Waals surface area contributed by atoms with Crippen LogP contribution in [0.3, 0.4) is 0 Å². The van der Waals surface area contributed by atoms with Gasteiger partial charge in [0, 0.05) is 19.3 Å². The van der Waals surface area contributed by atoms with E-state index in [4.69, 9.17) is 14.2 Å². The minimum atomic E-state index is -0.792. The number of allylic oxidation sites excluding steroid dienone is 26. The molecule has 1 atom stereocenters. The van der Waals surface area contributed by atoms with Crippen molar-refractivity contribution in [1.29, 1.82) is 0 Å². The van der Waals surface area contributed by atoms with Gasteiger partial charge in [0.25, 0.3) is 0 Å². The van der Waals surface area contributed by atoms with Crippen LogP contribution in [0, 0.1) is 0 Å². The topological polar surface area (TPSA) is 78.9 Å². The summed E-state index contributed by atoms with van der Waals surface area (Å²) in [6.07, 6.45) is 98.4. The molecule has 6 nitrogen and oxygen atoms in total. The number of ether oxygens (including phenoxy) is 3. The minimum absolute atomic E-state index is 0.0894. The molecule has 0 saturated heterocycles. The highest BCUT2D eigenvalue weighted by molar-refractivity contribution is 5.71. The third kappa shape index (κ3) is 65.7. The van der Waals surface area contributed by atoms with Gasteiger partial charge >= 0.3 is 17.9 Å². The van der Waals surface area contributed by atoms with Gasteiger partial charge < -0.3 is 14.2 Å². The van der Waals surface area contributed by atoms with Crippen molar-refractivity contribution in [3.8, 4) is 0 Å². The zero-order valence-electron chi connectivity index (χ0n) is 52.2. The molecule has 0 aliphatic heterocycles. The van der Waals surface area contributed by atoms with E-state index in [1.54, 1.807) is 0 Å². The molecule has 0 fully saturated rings. The molecular weight excluding hydrogens is 997 g/mol. The van der Waals surface area contributed by atoms with Gasteiger partial charge in [-0.2, -0.15) is 0 Å². The third-order valence-electron chi connectivity index (χ3n) is 13.5. The normalized spacial score (nSPS) is 13.2. The molecule has 0 spiro atoms. The Bertz CT molecular complexity index is 1810. The maximum absolute atomic E-state index is 12.9. The van der Waals surface area contributed by atoms with Crippen LogP contribution in [0.5, 0.6) is 0 Å². The molecule has 0 N–H and O–H groups in total. The van der Waals surface area contributed by atoms with Gasteiger partial charge in [0.1, 0.15) is 13.2 Å². The van der Waals surface area contributed by atoms with Gasteiger partial charge in [0.2, 0.25) is 0 Å². The van der Waals surface area contributed by atoms with Crippen molar-refractivity contribution in [2.75, 3.05) is 13.2 Å². The summed E-state index contributed by atoms with van der Waals surface area (Å²) in [5.41, 5.74) is 0. The van der Waals surface area contributed by atoms with Crippen molar-refractivity contribution in [3.63, 3.8) is 0 Å². The summed E-state index contributed by atoms with van der Waals surface area (Å²) in [7, 11) is 0. The molecule has 81 heavy (non-hydrogen) atoms. The van der Waals surface area contributed by atoms with Crippen LogP contribution in [-0.2, 0) is 28.6 Å². The second kappa shape index (κ2) is 67.5. The zero-order chi connectivity index (χ0) is 58.5.